The van der Waals surface area contributed by atoms with Crippen molar-refractivity contribution in [1.82, 2.24) is 16.0 Å². The van der Waals surface area contributed by atoms with Crippen molar-refractivity contribution >= 4 is 23.9 Å². The molecular weight excluding hydrogens is 426 g/mol. The lowest BCUT2D eigenvalue weighted by atomic mass is 10.0. The van der Waals surface area contributed by atoms with Crippen molar-refractivity contribution in [2.24, 2.45) is 5.92 Å². The molecule has 176 valence electrons. The van der Waals surface area contributed by atoms with Crippen LogP contribution in [0.25, 0.3) is 0 Å². The highest BCUT2D eigenvalue weighted by Gasteiger charge is 2.25. The van der Waals surface area contributed by atoms with E-state index in [0.717, 1.165) is 11.1 Å². The number of carbonyl (C=O) groups is 4. The van der Waals surface area contributed by atoms with Crippen molar-refractivity contribution in [3.05, 3.63) is 71.8 Å². The molecule has 0 aliphatic carbocycles. The third-order valence-electron chi connectivity index (χ3n) is 4.51. The van der Waals surface area contributed by atoms with Gasteiger partial charge in [-0.2, -0.15) is 0 Å². The third kappa shape index (κ3) is 9.86. The van der Waals surface area contributed by atoms with E-state index in [-0.39, 0.29) is 32.2 Å². The van der Waals surface area contributed by atoms with Gasteiger partial charge in [-0.25, -0.2) is 9.59 Å². The molecule has 0 fully saturated rings. The van der Waals surface area contributed by atoms with Crippen LogP contribution in [0.3, 0.4) is 0 Å². The summed E-state index contributed by atoms with van der Waals surface area (Å²) in [6.07, 6.45) is -0.750. The van der Waals surface area contributed by atoms with Gasteiger partial charge in [0, 0.05) is 0 Å². The predicted molar refractivity (Wildman–Crippen MR) is 121 cm³/mol. The zero-order chi connectivity index (χ0) is 24.1. The molecule has 2 aromatic carbocycles. The SMILES string of the molecule is CC(C)[C@@H](NC(=O)CNC(=O)CNC(=O)OCc1ccccc1)C(=O)OCc1ccccc1. The van der Waals surface area contributed by atoms with Crippen molar-refractivity contribution in [3.8, 4) is 0 Å². The number of benzene rings is 2. The molecule has 3 amide bonds. The Morgan fingerprint density at radius 2 is 1.24 bits per heavy atom. The van der Waals surface area contributed by atoms with Crippen molar-refractivity contribution in [3.63, 3.8) is 0 Å². The highest BCUT2D eigenvalue weighted by Crippen LogP contribution is 2.07. The average Bonchev–Trinajstić information content (AvgIpc) is 2.83. The number of ether oxygens (including phenoxy) is 2. The summed E-state index contributed by atoms with van der Waals surface area (Å²) in [5, 5.41) is 7.26. The third-order valence-corrected chi connectivity index (χ3v) is 4.51. The normalized spacial score (nSPS) is 11.2. The first-order chi connectivity index (χ1) is 15.8. The van der Waals surface area contributed by atoms with E-state index in [4.69, 9.17) is 9.47 Å². The number of esters is 1. The molecule has 0 unspecified atom stereocenters. The first-order valence-electron chi connectivity index (χ1n) is 10.6. The van der Waals surface area contributed by atoms with Crippen LogP contribution in [0.15, 0.2) is 60.7 Å². The Morgan fingerprint density at radius 1 is 0.727 bits per heavy atom. The van der Waals surface area contributed by atoms with E-state index < -0.39 is 29.9 Å². The van der Waals surface area contributed by atoms with Gasteiger partial charge in [0.1, 0.15) is 25.8 Å². The number of nitrogens with one attached hydrogen (secondary N) is 3. The molecule has 0 aliphatic rings. The van der Waals surface area contributed by atoms with Gasteiger partial charge in [-0.3, -0.25) is 9.59 Å². The van der Waals surface area contributed by atoms with Crippen LogP contribution in [0.5, 0.6) is 0 Å². The van der Waals surface area contributed by atoms with E-state index in [1.54, 1.807) is 26.0 Å². The maximum atomic E-state index is 12.4. The fraction of sp³-hybridized carbons (Fsp3) is 0.333. The van der Waals surface area contributed by atoms with Gasteiger partial charge in [0.2, 0.25) is 11.8 Å². The van der Waals surface area contributed by atoms with Gasteiger partial charge in [0.05, 0.1) is 6.54 Å². The lowest BCUT2D eigenvalue weighted by molar-refractivity contribution is -0.150. The van der Waals surface area contributed by atoms with E-state index in [1.807, 2.05) is 48.5 Å². The van der Waals surface area contributed by atoms with E-state index in [0.29, 0.717) is 0 Å². The lowest BCUT2D eigenvalue weighted by Crippen LogP contribution is -2.49. The highest BCUT2D eigenvalue weighted by atomic mass is 16.5. The molecule has 0 aromatic heterocycles. The fourth-order valence-electron chi connectivity index (χ4n) is 2.71. The fourth-order valence-corrected chi connectivity index (χ4v) is 2.71. The zero-order valence-electron chi connectivity index (χ0n) is 18.7. The van der Waals surface area contributed by atoms with Gasteiger partial charge < -0.3 is 25.4 Å². The molecular formula is C24H29N3O6. The van der Waals surface area contributed by atoms with Gasteiger partial charge in [-0.15, -0.1) is 0 Å². The number of rotatable bonds is 11. The number of carbonyl (C=O) groups excluding carboxylic acids is 4. The molecule has 0 radical (unpaired) electrons. The molecule has 9 heteroatoms. The minimum atomic E-state index is -0.857. The molecule has 3 N–H and O–H groups in total. The van der Waals surface area contributed by atoms with Gasteiger partial charge >= 0.3 is 12.1 Å². The van der Waals surface area contributed by atoms with E-state index >= 15 is 0 Å². The number of amides is 3. The van der Waals surface area contributed by atoms with Crippen LogP contribution in [-0.2, 0) is 37.1 Å². The lowest BCUT2D eigenvalue weighted by Gasteiger charge is -2.21. The predicted octanol–water partition coefficient (Wildman–Crippen LogP) is 1.91. The topological polar surface area (TPSA) is 123 Å². The first-order valence-corrected chi connectivity index (χ1v) is 10.6. The Morgan fingerprint density at radius 3 is 1.79 bits per heavy atom. The molecule has 2 aromatic rings. The van der Waals surface area contributed by atoms with Crippen LogP contribution < -0.4 is 16.0 Å². The summed E-state index contributed by atoms with van der Waals surface area (Å²) in [6, 6.07) is 17.4. The van der Waals surface area contributed by atoms with Gasteiger partial charge in [-0.05, 0) is 17.0 Å². The molecule has 0 heterocycles. The van der Waals surface area contributed by atoms with Crippen LogP contribution in [-0.4, -0.2) is 43.0 Å². The second-order valence-electron chi connectivity index (χ2n) is 7.57. The maximum Gasteiger partial charge on any atom is 0.407 e. The number of hydrogen-bond donors (Lipinski definition) is 3. The molecule has 0 aliphatic heterocycles. The Labute approximate surface area is 192 Å². The van der Waals surface area contributed by atoms with Crippen LogP contribution >= 0.6 is 0 Å². The smallest absolute Gasteiger partial charge is 0.407 e. The monoisotopic (exact) mass is 455 g/mol. The van der Waals surface area contributed by atoms with Crippen LogP contribution in [0.4, 0.5) is 4.79 Å². The van der Waals surface area contributed by atoms with E-state index in [9.17, 15) is 19.2 Å². The van der Waals surface area contributed by atoms with Crippen molar-refractivity contribution in [2.45, 2.75) is 33.1 Å². The second kappa shape index (κ2) is 13.5. The highest BCUT2D eigenvalue weighted by molar-refractivity contribution is 5.89. The van der Waals surface area contributed by atoms with E-state index in [1.165, 1.54) is 0 Å². The summed E-state index contributed by atoms with van der Waals surface area (Å²) < 4.78 is 10.3. The molecule has 0 spiro atoms. The van der Waals surface area contributed by atoms with Crippen LogP contribution in [0.1, 0.15) is 25.0 Å². The van der Waals surface area contributed by atoms with Crippen molar-refractivity contribution < 1.29 is 28.7 Å². The molecule has 1 atom stereocenters. The maximum absolute atomic E-state index is 12.4. The molecule has 33 heavy (non-hydrogen) atoms. The average molecular weight is 456 g/mol. The zero-order valence-corrected chi connectivity index (χ0v) is 18.7. The molecule has 2 rings (SSSR count). The second-order valence-corrected chi connectivity index (χ2v) is 7.57. The Bertz CT molecular complexity index is 918. The van der Waals surface area contributed by atoms with Crippen molar-refractivity contribution in [1.29, 1.82) is 0 Å². The quantitative estimate of drug-likeness (QED) is 0.445. The number of hydrogen-bond acceptors (Lipinski definition) is 6. The summed E-state index contributed by atoms with van der Waals surface area (Å²) in [5.41, 5.74) is 1.65. The Kier molecular flexibility index (Phi) is 10.4. The van der Waals surface area contributed by atoms with E-state index in [2.05, 4.69) is 16.0 Å². The van der Waals surface area contributed by atoms with Gasteiger partial charge in [0.25, 0.3) is 0 Å². The Balaban J connectivity index is 1.68. The molecule has 9 nitrogen and oxygen atoms in total. The first kappa shape index (κ1) is 25.4. The largest absolute Gasteiger partial charge is 0.459 e. The summed E-state index contributed by atoms with van der Waals surface area (Å²) in [4.78, 5) is 48.1. The van der Waals surface area contributed by atoms with Crippen LogP contribution in [0, 0.1) is 5.92 Å². The minimum absolute atomic E-state index is 0.0770. The summed E-state index contributed by atoms with van der Waals surface area (Å²) in [7, 11) is 0. The standard InChI is InChI=1S/C24H29N3O6/c1-17(2)22(23(30)32-15-18-9-5-3-6-10-18)27-21(29)14-25-20(28)13-26-24(31)33-16-19-11-7-4-8-12-19/h3-12,17,22H,13-16H2,1-2H3,(H,25,28)(H,26,31)(H,27,29)/t22-/m1/s1. The molecule has 0 saturated carbocycles. The molecule has 0 saturated heterocycles. The Hall–Kier alpha value is -3.88. The summed E-state index contributed by atoms with van der Waals surface area (Å²) in [6.45, 7) is 3.02. The van der Waals surface area contributed by atoms with Gasteiger partial charge in [0.15, 0.2) is 0 Å². The summed E-state index contributed by atoms with van der Waals surface area (Å²) in [5.74, 6) is -1.90. The van der Waals surface area contributed by atoms with Crippen LogP contribution in [0.2, 0.25) is 0 Å². The number of alkyl carbamates (subject to hydrolysis) is 1. The molecule has 0 bridgehead atoms. The van der Waals surface area contributed by atoms with Gasteiger partial charge in [-0.1, -0.05) is 74.5 Å². The summed E-state index contributed by atoms with van der Waals surface area (Å²) >= 11 is 0. The van der Waals surface area contributed by atoms with Crippen molar-refractivity contribution in [2.75, 3.05) is 13.1 Å². The minimum Gasteiger partial charge on any atom is -0.459 e.